The number of nitrogens with one attached hydrogen (secondary N) is 1. The van der Waals surface area contributed by atoms with Gasteiger partial charge in [-0.3, -0.25) is 14.9 Å². The first-order valence-corrected chi connectivity index (χ1v) is 10.3. The maximum atomic E-state index is 13.2. The van der Waals surface area contributed by atoms with Crippen LogP contribution in [-0.2, 0) is 0 Å². The van der Waals surface area contributed by atoms with E-state index in [4.69, 9.17) is 4.74 Å². The van der Waals surface area contributed by atoms with Gasteiger partial charge in [0.2, 0.25) is 0 Å². The zero-order chi connectivity index (χ0) is 22.1. The van der Waals surface area contributed by atoms with Crippen molar-refractivity contribution in [3.63, 3.8) is 0 Å². The first-order valence-electron chi connectivity index (χ1n) is 10.3. The van der Waals surface area contributed by atoms with Gasteiger partial charge in [0.25, 0.3) is 11.6 Å². The molecule has 0 radical (unpaired) electrons. The average Bonchev–Trinajstić information content (AvgIpc) is 3.21. The number of nitro groups is 1. The molecule has 1 aliphatic rings. The number of ether oxygens (including phenoxy) is 1. The Labute approximate surface area is 180 Å². The number of carbonyl (C=O) groups is 1. The number of benzene rings is 2. The summed E-state index contributed by atoms with van der Waals surface area (Å²) in [6, 6.07) is 10.5. The molecule has 1 aliphatic heterocycles. The van der Waals surface area contributed by atoms with Crippen molar-refractivity contribution in [3.8, 4) is 5.75 Å². The maximum absolute atomic E-state index is 13.2. The molecule has 2 heterocycles. The summed E-state index contributed by atoms with van der Waals surface area (Å²) >= 11 is 0. The zero-order valence-electron chi connectivity index (χ0n) is 17.9. The molecule has 0 aliphatic carbocycles. The van der Waals surface area contributed by atoms with E-state index >= 15 is 0 Å². The third kappa shape index (κ3) is 3.93. The van der Waals surface area contributed by atoms with E-state index in [9.17, 15) is 14.9 Å². The van der Waals surface area contributed by atoms with Crippen molar-refractivity contribution < 1.29 is 14.5 Å². The summed E-state index contributed by atoms with van der Waals surface area (Å²) in [6.45, 7) is 1.21. The maximum Gasteiger partial charge on any atom is 0.270 e. The Kier molecular flexibility index (Phi) is 5.54. The van der Waals surface area contributed by atoms with Crippen molar-refractivity contribution in [2.45, 2.75) is 18.8 Å². The summed E-state index contributed by atoms with van der Waals surface area (Å²) in [5.74, 6) is 0.998. The molecule has 1 N–H and O–H groups in total. The van der Waals surface area contributed by atoms with Gasteiger partial charge in [-0.05, 0) is 48.6 Å². The number of piperidine rings is 1. The van der Waals surface area contributed by atoms with Gasteiger partial charge in [-0.15, -0.1) is 0 Å². The number of amides is 1. The molecule has 0 unspecified atom stereocenters. The number of nitro benzene ring substituents is 1. The Morgan fingerprint density at radius 3 is 2.58 bits per heavy atom. The Morgan fingerprint density at radius 1 is 1.19 bits per heavy atom. The number of methoxy groups -OCH3 is 1. The number of hydrogen-bond acceptors (Lipinski definition) is 5. The van der Waals surface area contributed by atoms with E-state index < -0.39 is 4.92 Å². The number of fused-ring (bicyclic) bond motifs is 1. The molecule has 8 heteroatoms. The highest BCUT2D eigenvalue weighted by molar-refractivity contribution is 6.00. The van der Waals surface area contributed by atoms with Crippen molar-refractivity contribution in [1.29, 1.82) is 0 Å². The largest absolute Gasteiger partial charge is 0.497 e. The quantitative estimate of drug-likeness (QED) is 0.492. The molecule has 8 nitrogen and oxygen atoms in total. The van der Waals surface area contributed by atoms with Crippen molar-refractivity contribution in [2.24, 2.45) is 0 Å². The molecular formula is C23H26N4O4. The first kappa shape index (κ1) is 20.7. The number of carbonyl (C=O) groups excluding carboxylic acids is 1. The second-order valence-corrected chi connectivity index (χ2v) is 8.07. The molecular weight excluding hydrogens is 396 g/mol. The summed E-state index contributed by atoms with van der Waals surface area (Å²) in [7, 11) is 5.32. The van der Waals surface area contributed by atoms with Crippen LogP contribution in [0.3, 0.4) is 0 Å². The number of aromatic amines is 1. The van der Waals surface area contributed by atoms with Crippen LogP contribution < -0.4 is 9.64 Å². The van der Waals surface area contributed by atoms with Gasteiger partial charge in [-0.25, -0.2) is 0 Å². The highest BCUT2D eigenvalue weighted by Crippen LogP contribution is 2.35. The number of hydrogen-bond donors (Lipinski definition) is 1. The molecule has 31 heavy (non-hydrogen) atoms. The highest BCUT2D eigenvalue weighted by atomic mass is 16.6. The van der Waals surface area contributed by atoms with Crippen molar-refractivity contribution in [2.75, 3.05) is 39.2 Å². The fourth-order valence-corrected chi connectivity index (χ4v) is 4.35. The van der Waals surface area contributed by atoms with Crippen LogP contribution in [0.5, 0.6) is 5.75 Å². The van der Waals surface area contributed by atoms with E-state index in [-0.39, 0.29) is 11.6 Å². The average molecular weight is 422 g/mol. The van der Waals surface area contributed by atoms with Crippen LogP contribution in [0.25, 0.3) is 10.9 Å². The number of nitrogens with zero attached hydrogens (tertiary/aromatic N) is 3. The van der Waals surface area contributed by atoms with Gasteiger partial charge in [0, 0.05) is 62.1 Å². The second-order valence-electron chi connectivity index (χ2n) is 8.07. The molecule has 0 saturated carbocycles. The van der Waals surface area contributed by atoms with Gasteiger partial charge in [0.05, 0.1) is 17.6 Å². The third-order valence-corrected chi connectivity index (χ3v) is 6.05. The number of rotatable bonds is 5. The normalized spacial score (nSPS) is 14.6. The number of likely N-dealkylation sites (tertiary alicyclic amines) is 1. The van der Waals surface area contributed by atoms with E-state index in [1.807, 2.05) is 37.2 Å². The number of non-ortho nitro benzene ring substituents is 1. The van der Waals surface area contributed by atoms with Crippen LogP contribution in [0.2, 0.25) is 0 Å². The number of anilines is 1. The minimum Gasteiger partial charge on any atom is -0.497 e. The van der Waals surface area contributed by atoms with E-state index in [0.717, 1.165) is 29.5 Å². The van der Waals surface area contributed by atoms with Crippen LogP contribution in [0.15, 0.2) is 42.6 Å². The zero-order valence-corrected chi connectivity index (χ0v) is 17.9. The molecule has 0 atom stereocenters. The molecule has 1 amide bonds. The summed E-state index contributed by atoms with van der Waals surface area (Å²) in [4.78, 5) is 30.9. The Balaban J connectivity index is 1.54. The number of aromatic nitrogens is 1. The minimum atomic E-state index is -0.465. The van der Waals surface area contributed by atoms with Gasteiger partial charge in [0.1, 0.15) is 5.75 Å². The van der Waals surface area contributed by atoms with Crippen LogP contribution in [0.4, 0.5) is 11.4 Å². The van der Waals surface area contributed by atoms with Crippen molar-refractivity contribution in [3.05, 3.63) is 63.8 Å². The van der Waals surface area contributed by atoms with Crippen LogP contribution >= 0.6 is 0 Å². The van der Waals surface area contributed by atoms with Crippen molar-refractivity contribution >= 4 is 28.2 Å². The lowest BCUT2D eigenvalue weighted by Crippen LogP contribution is -2.38. The van der Waals surface area contributed by atoms with Crippen LogP contribution in [0.1, 0.15) is 34.7 Å². The third-order valence-electron chi connectivity index (χ3n) is 6.05. The topological polar surface area (TPSA) is 91.7 Å². The first-order chi connectivity index (χ1) is 14.9. The molecule has 3 aromatic rings. The summed E-state index contributed by atoms with van der Waals surface area (Å²) in [6.07, 6.45) is 3.72. The smallest absolute Gasteiger partial charge is 0.270 e. The second kappa shape index (κ2) is 8.29. The Hall–Kier alpha value is -3.55. The van der Waals surface area contributed by atoms with E-state index in [1.165, 1.54) is 17.7 Å². The highest BCUT2D eigenvalue weighted by Gasteiger charge is 2.28. The summed E-state index contributed by atoms with van der Waals surface area (Å²) in [5.41, 5.74) is 3.29. The fourth-order valence-electron chi connectivity index (χ4n) is 4.35. The van der Waals surface area contributed by atoms with Gasteiger partial charge in [-0.2, -0.15) is 0 Å². The van der Waals surface area contributed by atoms with E-state index in [2.05, 4.69) is 11.2 Å². The molecule has 4 rings (SSSR count). The monoisotopic (exact) mass is 422 g/mol. The fraction of sp³-hybridized carbons (Fsp3) is 0.348. The summed E-state index contributed by atoms with van der Waals surface area (Å²) in [5, 5.41) is 12.4. The van der Waals surface area contributed by atoms with Gasteiger partial charge in [0.15, 0.2) is 0 Å². The van der Waals surface area contributed by atoms with E-state index in [0.29, 0.717) is 30.3 Å². The van der Waals surface area contributed by atoms with E-state index in [1.54, 1.807) is 18.1 Å². The molecule has 2 aromatic carbocycles. The Morgan fingerprint density at radius 2 is 1.94 bits per heavy atom. The molecule has 1 fully saturated rings. The summed E-state index contributed by atoms with van der Waals surface area (Å²) < 4.78 is 5.37. The predicted molar refractivity (Wildman–Crippen MR) is 120 cm³/mol. The van der Waals surface area contributed by atoms with Crippen molar-refractivity contribution in [1.82, 2.24) is 9.88 Å². The van der Waals surface area contributed by atoms with Gasteiger partial charge in [-0.1, -0.05) is 0 Å². The molecule has 0 bridgehead atoms. The van der Waals surface area contributed by atoms with Crippen LogP contribution in [-0.4, -0.2) is 55.0 Å². The molecule has 1 aromatic heterocycles. The SMILES string of the molecule is COc1ccc2[nH]cc(C3CCN(C(=O)c4cc([N+](=O)[O-])ccc4N(C)C)CC3)c2c1. The predicted octanol–water partition coefficient (Wildman–Crippen LogP) is 4.17. The molecule has 162 valence electrons. The number of H-pyrrole nitrogens is 1. The standard InChI is InChI=1S/C23H26N4O4/c1-25(2)22-7-4-16(27(29)30)12-19(22)23(28)26-10-8-15(9-11-26)20-14-24-21-6-5-17(31-3)13-18(20)21/h4-7,12-15,24H,8-11H2,1-3H3. The molecule has 1 saturated heterocycles. The minimum absolute atomic E-state index is 0.0726. The Bertz CT molecular complexity index is 1130. The molecule has 0 spiro atoms. The lowest BCUT2D eigenvalue weighted by Gasteiger charge is -2.33. The van der Waals surface area contributed by atoms with Gasteiger partial charge >= 0.3 is 0 Å². The van der Waals surface area contributed by atoms with Crippen LogP contribution in [0, 0.1) is 10.1 Å². The lowest BCUT2D eigenvalue weighted by molar-refractivity contribution is -0.384. The lowest BCUT2D eigenvalue weighted by atomic mass is 9.89. The van der Waals surface area contributed by atoms with Gasteiger partial charge < -0.3 is 19.5 Å².